The van der Waals surface area contributed by atoms with Crippen LogP contribution in [0.5, 0.6) is 0 Å². The molecule has 2 heterocycles. The Kier molecular flexibility index (Phi) is 4.49. The lowest BCUT2D eigenvalue weighted by molar-refractivity contribution is -0.117. The molecule has 7 nitrogen and oxygen atoms in total. The second-order valence-corrected chi connectivity index (χ2v) is 7.59. The quantitative estimate of drug-likeness (QED) is 0.708. The number of carbonyl (C=O) groups excluding carboxylic acids is 2. The molecule has 0 aliphatic heterocycles. The summed E-state index contributed by atoms with van der Waals surface area (Å²) >= 11 is 1.39. The van der Waals surface area contributed by atoms with Crippen LogP contribution in [-0.4, -0.2) is 26.3 Å². The van der Waals surface area contributed by atoms with E-state index in [4.69, 9.17) is 0 Å². The number of thiazole rings is 1. The van der Waals surface area contributed by atoms with Crippen molar-refractivity contribution < 1.29 is 9.59 Å². The van der Waals surface area contributed by atoms with Gasteiger partial charge in [0.2, 0.25) is 5.91 Å². The zero-order chi connectivity index (χ0) is 19.0. The maximum absolute atomic E-state index is 12.5. The van der Waals surface area contributed by atoms with Gasteiger partial charge in [0.1, 0.15) is 0 Å². The van der Waals surface area contributed by atoms with E-state index in [0.29, 0.717) is 16.4 Å². The van der Waals surface area contributed by atoms with Gasteiger partial charge in [-0.1, -0.05) is 11.3 Å². The Labute approximate surface area is 160 Å². The summed E-state index contributed by atoms with van der Waals surface area (Å²) in [7, 11) is 1.92. The van der Waals surface area contributed by atoms with Crippen LogP contribution in [0.25, 0.3) is 10.7 Å². The van der Waals surface area contributed by atoms with Crippen molar-refractivity contribution >= 4 is 34.0 Å². The molecule has 27 heavy (non-hydrogen) atoms. The van der Waals surface area contributed by atoms with Gasteiger partial charge in [-0.25, -0.2) is 9.97 Å². The first-order valence-corrected chi connectivity index (χ1v) is 9.50. The van der Waals surface area contributed by atoms with E-state index in [0.717, 1.165) is 29.2 Å². The molecule has 0 radical (unpaired) electrons. The number of nitrogens with one attached hydrogen (secondary N) is 2. The van der Waals surface area contributed by atoms with E-state index in [1.807, 2.05) is 24.7 Å². The van der Waals surface area contributed by atoms with Crippen LogP contribution in [0.3, 0.4) is 0 Å². The molecule has 1 aliphatic rings. The van der Waals surface area contributed by atoms with E-state index in [1.165, 1.54) is 11.3 Å². The molecule has 8 heteroatoms. The summed E-state index contributed by atoms with van der Waals surface area (Å²) < 4.78 is 1.92. The Morgan fingerprint density at radius 1 is 1.19 bits per heavy atom. The highest BCUT2D eigenvalue weighted by atomic mass is 32.1. The molecule has 0 atom stereocenters. The van der Waals surface area contributed by atoms with Crippen LogP contribution < -0.4 is 10.6 Å². The molecule has 0 saturated heterocycles. The number of amides is 2. The van der Waals surface area contributed by atoms with Gasteiger partial charge in [-0.15, -0.1) is 0 Å². The summed E-state index contributed by atoms with van der Waals surface area (Å²) in [4.78, 5) is 34.0. The number of hydrogen-bond acceptors (Lipinski definition) is 5. The van der Waals surface area contributed by atoms with Crippen molar-refractivity contribution in [3.05, 3.63) is 47.9 Å². The lowest BCUT2D eigenvalue weighted by Crippen LogP contribution is -2.14. The SMILES string of the molecule is Cc1nc(NC(=O)c2ccc(NC(=O)C3CC3)cc2)sc1-c1nccn1C. The predicted octanol–water partition coefficient (Wildman–Crippen LogP) is 3.45. The minimum Gasteiger partial charge on any atom is -0.333 e. The molecule has 2 aromatic heterocycles. The van der Waals surface area contributed by atoms with Crippen LogP contribution in [0.15, 0.2) is 36.7 Å². The summed E-state index contributed by atoms with van der Waals surface area (Å²) in [6.45, 7) is 1.90. The third-order valence-electron chi connectivity index (χ3n) is 4.40. The zero-order valence-corrected chi connectivity index (χ0v) is 15.8. The highest BCUT2D eigenvalue weighted by Gasteiger charge is 2.29. The molecule has 2 N–H and O–H groups in total. The minimum absolute atomic E-state index is 0.0484. The summed E-state index contributed by atoms with van der Waals surface area (Å²) in [5, 5.41) is 6.22. The van der Waals surface area contributed by atoms with Gasteiger partial charge in [-0.3, -0.25) is 14.9 Å². The Morgan fingerprint density at radius 2 is 1.93 bits per heavy atom. The molecule has 138 valence electrons. The largest absolute Gasteiger partial charge is 0.333 e. The number of carbonyl (C=O) groups is 2. The summed E-state index contributed by atoms with van der Waals surface area (Å²) in [5.41, 5.74) is 2.03. The monoisotopic (exact) mass is 381 g/mol. The van der Waals surface area contributed by atoms with E-state index in [2.05, 4.69) is 20.6 Å². The van der Waals surface area contributed by atoms with Crippen LogP contribution in [0, 0.1) is 12.8 Å². The number of benzene rings is 1. The van der Waals surface area contributed by atoms with Crippen LogP contribution in [-0.2, 0) is 11.8 Å². The number of nitrogens with zero attached hydrogens (tertiary/aromatic N) is 3. The van der Waals surface area contributed by atoms with Crippen LogP contribution in [0.1, 0.15) is 28.9 Å². The van der Waals surface area contributed by atoms with Gasteiger partial charge in [0.05, 0.1) is 10.6 Å². The smallest absolute Gasteiger partial charge is 0.257 e. The highest BCUT2D eigenvalue weighted by Crippen LogP contribution is 2.32. The number of aromatic nitrogens is 3. The second-order valence-electron chi connectivity index (χ2n) is 6.59. The van der Waals surface area contributed by atoms with Crippen molar-refractivity contribution in [3.63, 3.8) is 0 Å². The van der Waals surface area contributed by atoms with Gasteiger partial charge in [0.25, 0.3) is 5.91 Å². The Hall–Kier alpha value is -3.00. The van der Waals surface area contributed by atoms with Gasteiger partial charge in [-0.2, -0.15) is 0 Å². The molecule has 1 aromatic carbocycles. The van der Waals surface area contributed by atoms with Crippen molar-refractivity contribution in [3.8, 4) is 10.7 Å². The van der Waals surface area contributed by atoms with Gasteiger partial charge in [0, 0.05) is 36.6 Å². The van der Waals surface area contributed by atoms with Crippen LogP contribution in [0.2, 0.25) is 0 Å². The summed E-state index contributed by atoms with van der Waals surface area (Å²) in [5.74, 6) is 0.776. The first-order chi connectivity index (χ1) is 13.0. The lowest BCUT2D eigenvalue weighted by Gasteiger charge is -2.06. The average Bonchev–Trinajstić information content (AvgIpc) is 3.33. The lowest BCUT2D eigenvalue weighted by atomic mass is 10.2. The summed E-state index contributed by atoms with van der Waals surface area (Å²) in [6.07, 6.45) is 5.52. The molecule has 1 saturated carbocycles. The van der Waals surface area contributed by atoms with Crippen LogP contribution >= 0.6 is 11.3 Å². The van der Waals surface area contributed by atoms with E-state index in [9.17, 15) is 9.59 Å². The molecular formula is C19H19N5O2S. The molecule has 3 aromatic rings. The highest BCUT2D eigenvalue weighted by molar-refractivity contribution is 7.19. The topological polar surface area (TPSA) is 88.9 Å². The van der Waals surface area contributed by atoms with E-state index < -0.39 is 0 Å². The fourth-order valence-corrected chi connectivity index (χ4v) is 3.71. The second kappa shape index (κ2) is 6.96. The van der Waals surface area contributed by atoms with E-state index in [1.54, 1.807) is 30.5 Å². The maximum atomic E-state index is 12.5. The van der Waals surface area contributed by atoms with E-state index >= 15 is 0 Å². The number of rotatable bonds is 5. The Bertz CT molecular complexity index is 1000. The average molecular weight is 381 g/mol. The summed E-state index contributed by atoms with van der Waals surface area (Å²) in [6, 6.07) is 6.86. The predicted molar refractivity (Wildman–Crippen MR) is 105 cm³/mol. The fraction of sp³-hybridized carbons (Fsp3) is 0.263. The number of aryl methyl sites for hydroxylation is 2. The number of imidazole rings is 1. The van der Waals surface area contributed by atoms with Gasteiger partial charge in [-0.05, 0) is 44.0 Å². The molecule has 0 spiro atoms. The molecule has 2 amide bonds. The fourth-order valence-electron chi connectivity index (χ4n) is 2.71. The molecule has 0 bridgehead atoms. The van der Waals surface area contributed by atoms with Crippen molar-refractivity contribution in [2.45, 2.75) is 19.8 Å². The van der Waals surface area contributed by atoms with E-state index in [-0.39, 0.29) is 17.7 Å². The minimum atomic E-state index is -0.241. The molecular weight excluding hydrogens is 362 g/mol. The number of hydrogen-bond donors (Lipinski definition) is 2. The molecule has 4 rings (SSSR count). The van der Waals surface area contributed by atoms with Crippen molar-refractivity contribution in [1.82, 2.24) is 14.5 Å². The van der Waals surface area contributed by atoms with Crippen molar-refractivity contribution in [1.29, 1.82) is 0 Å². The van der Waals surface area contributed by atoms with Crippen molar-refractivity contribution in [2.75, 3.05) is 10.6 Å². The van der Waals surface area contributed by atoms with Crippen molar-refractivity contribution in [2.24, 2.45) is 13.0 Å². The third-order valence-corrected chi connectivity index (χ3v) is 5.47. The maximum Gasteiger partial charge on any atom is 0.257 e. The van der Waals surface area contributed by atoms with Gasteiger partial charge < -0.3 is 9.88 Å². The zero-order valence-electron chi connectivity index (χ0n) is 15.0. The molecule has 0 unspecified atom stereocenters. The molecule has 1 aliphatic carbocycles. The molecule has 1 fully saturated rings. The Balaban J connectivity index is 1.44. The van der Waals surface area contributed by atoms with Gasteiger partial charge >= 0.3 is 0 Å². The first kappa shape index (κ1) is 17.4. The third kappa shape index (κ3) is 3.75. The standard InChI is InChI=1S/C19H19N5O2S/c1-11-15(16-20-9-10-24(16)2)27-19(21-11)23-18(26)13-5-7-14(8-6-13)22-17(25)12-3-4-12/h5-10,12H,3-4H2,1-2H3,(H,22,25)(H,21,23,26). The normalized spacial score (nSPS) is 13.4. The Morgan fingerprint density at radius 3 is 2.56 bits per heavy atom. The van der Waals surface area contributed by atoms with Crippen LogP contribution in [0.4, 0.5) is 10.8 Å². The van der Waals surface area contributed by atoms with Gasteiger partial charge in [0.15, 0.2) is 11.0 Å². The number of anilines is 2. The first-order valence-electron chi connectivity index (χ1n) is 8.68.